The fraction of sp³-hybridized carbons (Fsp3) is 0.591. The van der Waals surface area contributed by atoms with Gasteiger partial charge in [-0.15, -0.1) is 11.8 Å². The molecular formula is C22H26O. The lowest BCUT2D eigenvalue weighted by molar-refractivity contribution is -0.110. The van der Waals surface area contributed by atoms with Crippen LogP contribution in [0, 0.1) is 40.4 Å². The zero-order valence-electron chi connectivity index (χ0n) is 14.3. The number of ketones is 1. The number of rotatable bonds is 1. The standard InChI is InChI=1S/C22H26O/c1-3-4-11-22-12-5-6-20(22)18-8-7-16-15-17(23)9-13-21(16,2)19(18)10-14-22/h7-9,13,15,18-20H,5-6,10-12,14H2,1-2H3/t18-,19+,20+,21+,22+/m1/s1. The van der Waals surface area contributed by atoms with Gasteiger partial charge in [0.05, 0.1) is 0 Å². The Balaban J connectivity index is 1.72. The summed E-state index contributed by atoms with van der Waals surface area (Å²) < 4.78 is 0. The van der Waals surface area contributed by atoms with Crippen LogP contribution in [0.4, 0.5) is 0 Å². The van der Waals surface area contributed by atoms with Crippen molar-refractivity contribution in [2.75, 3.05) is 0 Å². The van der Waals surface area contributed by atoms with Crippen molar-refractivity contribution >= 4 is 5.78 Å². The topological polar surface area (TPSA) is 17.1 Å². The highest BCUT2D eigenvalue weighted by atomic mass is 16.1. The minimum Gasteiger partial charge on any atom is -0.290 e. The van der Waals surface area contributed by atoms with Gasteiger partial charge in [0.1, 0.15) is 0 Å². The van der Waals surface area contributed by atoms with E-state index in [1.807, 2.05) is 13.0 Å². The Morgan fingerprint density at radius 3 is 2.91 bits per heavy atom. The molecule has 4 aliphatic carbocycles. The van der Waals surface area contributed by atoms with Gasteiger partial charge in [-0.05, 0) is 73.5 Å². The molecule has 0 saturated heterocycles. The van der Waals surface area contributed by atoms with Gasteiger partial charge in [0, 0.05) is 11.8 Å². The second-order valence-corrected chi connectivity index (χ2v) is 8.16. The molecule has 0 aromatic heterocycles. The van der Waals surface area contributed by atoms with Crippen molar-refractivity contribution in [1.82, 2.24) is 0 Å². The van der Waals surface area contributed by atoms with Crippen LogP contribution < -0.4 is 0 Å². The monoisotopic (exact) mass is 306 g/mol. The number of hydrogen-bond acceptors (Lipinski definition) is 1. The number of allylic oxidation sites excluding steroid dienone is 6. The molecule has 0 bridgehead atoms. The van der Waals surface area contributed by atoms with Crippen molar-refractivity contribution in [3.63, 3.8) is 0 Å². The maximum Gasteiger partial charge on any atom is 0.178 e. The van der Waals surface area contributed by atoms with E-state index >= 15 is 0 Å². The number of carbonyl (C=O) groups is 1. The highest BCUT2D eigenvalue weighted by Gasteiger charge is 2.55. The molecular weight excluding hydrogens is 280 g/mol. The molecule has 1 nitrogen and oxygen atoms in total. The van der Waals surface area contributed by atoms with Crippen LogP contribution in [-0.2, 0) is 4.79 Å². The van der Waals surface area contributed by atoms with Crippen LogP contribution in [0.15, 0.2) is 36.0 Å². The average molecular weight is 306 g/mol. The smallest absolute Gasteiger partial charge is 0.178 e. The third-order valence-electron chi connectivity index (χ3n) is 7.26. The van der Waals surface area contributed by atoms with Crippen LogP contribution in [0.1, 0.15) is 52.4 Å². The summed E-state index contributed by atoms with van der Waals surface area (Å²) in [6.45, 7) is 4.31. The number of hydrogen-bond donors (Lipinski definition) is 0. The molecule has 0 spiro atoms. The van der Waals surface area contributed by atoms with E-state index in [1.165, 1.54) is 37.7 Å². The van der Waals surface area contributed by atoms with E-state index in [0.29, 0.717) is 17.3 Å². The highest BCUT2D eigenvalue weighted by Crippen LogP contribution is 2.63. The number of fused-ring (bicyclic) bond motifs is 5. The van der Waals surface area contributed by atoms with Crippen molar-refractivity contribution in [2.45, 2.75) is 52.4 Å². The van der Waals surface area contributed by atoms with Crippen molar-refractivity contribution < 1.29 is 4.79 Å². The van der Waals surface area contributed by atoms with E-state index in [4.69, 9.17) is 0 Å². The summed E-state index contributed by atoms with van der Waals surface area (Å²) in [5.41, 5.74) is 1.74. The first-order valence-electron chi connectivity index (χ1n) is 9.12. The maximum absolute atomic E-state index is 11.8. The quantitative estimate of drug-likeness (QED) is 0.633. The van der Waals surface area contributed by atoms with Crippen LogP contribution in [0.2, 0.25) is 0 Å². The van der Waals surface area contributed by atoms with Gasteiger partial charge in [-0.2, -0.15) is 0 Å². The zero-order chi connectivity index (χ0) is 16.1. The van der Waals surface area contributed by atoms with E-state index in [-0.39, 0.29) is 11.2 Å². The molecule has 0 aromatic carbocycles. The van der Waals surface area contributed by atoms with Crippen LogP contribution in [-0.4, -0.2) is 5.78 Å². The second-order valence-electron chi connectivity index (χ2n) is 8.16. The predicted octanol–water partition coefficient (Wildman–Crippen LogP) is 4.85. The van der Waals surface area contributed by atoms with Gasteiger partial charge in [0.15, 0.2) is 5.78 Å². The third kappa shape index (κ3) is 2.11. The van der Waals surface area contributed by atoms with Gasteiger partial charge in [-0.25, -0.2) is 0 Å². The van der Waals surface area contributed by atoms with E-state index in [0.717, 1.165) is 12.3 Å². The summed E-state index contributed by atoms with van der Waals surface area (Å²) in [6.07, 6.45) is 18.3. The lowest BCUT2D eigenvalue weighted by Crippen LogP contribution is -2.47. The Kier molecular flexibility index (Phi) is 3.41. The van der Waals surface area contributed by atoms with Gasteiger partial charge in [-0.3, -0.25) is 4.79 Å². The SMILES string of the molecule is CC#CC[C@@]12CCC[C@H]1[C@@H]1C=CC3=CC(=O)C=C[C@]3(C)[C@H]1CC2. The van der Waals surface area contributed by atoms with E-state index in [2.05, 4.69) is 37.0 Å². The molecule has 0 aromatic rings. The molecule has 1 heteroatoms. The Morgan fingerprint density at radius 2 is 2.09 bits per heavy atom. The minimum absolute atomic E-state index is 0.0541. The molecule has 4 rings (SSSR count). The second kappa shape index (κ2) is 5.23. The summed E-state index contributed by atoms with van der Waals surface area (Å²) in [5.74, 6) is 8.76. The Labute approximate surface area is 139 Å². The van der Waals surface area contributed by atoms with Gasteiger partial charge >= 0.3 is 0 Å². The van der Waals surface area contributed by atoms with Crippen LogP contribution in [0.25, 0.3) is 0 Å². The lowest BCUT2D eigenvalue weighted by atomic mass is 9.50. The summed E-state index contributed by atoms with van der Waals surface area (Å²) in [5, 5.41) is 0. The normalized spacial score (nSPS) is 43.8. The van der Waals surface area contributed by atoms with Crippen molar-refractivity contribution in [3.05, 3.63) is 36.0 Å². The highest BCUT2D eigenvalue weighted by molar-refractivity contribution is 6.01. The molecule has 120 valence electrons. The molecule has 0 N–H and O–H groups in total. The van der Waals surface area contributed by atoms with Crippen molar-refractivity contribution in [2.24, 2.45) is 28.6 Å². The maximum atomic E-state index is 11.8. The van der Waals surface area contributed by atoms with Crippen LogP contribution in [0.3, 0.4) is 0 Å². The molecule has 2 fully saturated rings. The number of carbonyl (C=O) groups excluding carboxylic acids is 1. The van der Waals surface area contributed by atoms with Gasteiger partial charge < -0.3 is 0 Å². The Hall–Kier alpha value is -1.55. The van der Waals surface area contributed by atoms with Gasteiger partial charge in [0.2, 0.25) is 0 Å². The first-order chi connectivity index (χ1) is 11.1. The van der Waals surface area contributed by atoms with Crippen LogP contribution >= 0.6 is 0 Å². The average Bonchev–Trinajstić information content (AvgIpc) is 2.98. The van der Waals surface area contributed by atoms with Crippen LogP contribution in [0.5, 0.6) is 0 Å². The fourth-order valence-electron chi connectivity index (χ4n) is 6.02. The summed E-state index contributed by atoms with van der Waals surface area (Å²) >= 11 is 0. The molecule has 0 radical (unpaired) electrons. The first kappa shape index (κ1) is 15.0. The first-order valence-corrected chi connectivity index (χ1v) is 9.12. The van der Waals surface area contributed by atoms with Crippen molar-refractivity contribution in [1.29, 1.82) is 0 Å². The predicted molar refractivity (Wildman–Crippen MR) is 93.5 cm³/mol. The third-order valence-corrected chi connectivity index (χ3v) is 7.26. The molecule has 0 amide bonds. The molecule has 2 saturated carbocycles. The molecule has 5 atom stereocenters. The summed E-state index contributed by atoms with van der Waals surface area (Å²) in [4.78, 5) is 11.8. The van der Waals surface area contributed by atoms with Gasteiger partial charge in [-0.1, -0.05) is 31.6 Å². The minimum atomic E-state index is 0.0541. The summed E-state index contributed by atoms with van der Waals surface area (Å²) in [6, 6.07) is 0. The molecule has 4 aliphatic rings. The molecule has 0 aliphatic heterocycles. The molecule has 0 heterocycles. The Morgan fingerprint density at radius 1 is 1.22 bits per heavy atom. The zero-order valence-corrected chi connectivity index (χ0v) is 14.3. The fourth-order valence-corrected chi connectivity index (χ4v) is 6.02. The lowest BCUT2D eigenvalue weighted by Gasteiger charge is -2.54. The van der Waals surface area contributed by atoms with Crippen molar-refractivity contribution in [3.8, 4) is 11.8 Å². The van der Waals surface area contributed by atoms with E-state index in [9.17, 15) is 4.79 Å². The van der Waals surface area contributed by atoms with E-state index in [1.54, 1.807) is 6.08 Å². The molecule has 23 heavy (non-hydrogen) atoms. The Bertz CT molecular complexity index is 682. The molecule has 0 unspecified atom stereocenters. The summed E-state index contributed by atoms with van der Waals surface area (Å²) in [7, 11) is 0. The van der Waals surface area contributed by atoms with E-state index < -0.39 is 0 Å². The van der Waals surface area contributed by atoms with Gasteiger partial charge in [0.25, 0.3) is 0 Å². The largest absolute Gasteiger partial charge is 0.290 e.